The highest BCUT2D eigenvalue weighted by Crippen LogP contribution is 2.30. The molecule has 0 aliphatic heterocycles. The van der Waals surface area contributed by atoms with Crippen molar-refractivity contribution in [2.75, 3.05) is 18.5 Å². The average Bonchev–Trinajstić information content (AvgIpc) is 2.34. The van der Waals surface area contributed by atoms with Crippen LogP contribution in [0.3, 0.4) is 0 Å². The molecule has 6 heteroatoms. The number of rotatable bonds is 5. The minimum Gasteiger partial charge on any atom is -0.360 e. The Kier molecular flexibility index (Phi) is 5.17. The van der Waals surface area contributed by atoms with E-state index in [4.69, 9.17) is 5.73 Å². The first-order valence-corrected chi connectivity index (χ1v) is 6.21. The van der Waals surface area contributed by atoms with E-state index >= 15 is 0 Å². The molecular weight excluding hydrogens is 255 g/mol. The molecule has 3 nitrogen and oxygen atoms in total. The van der Waals surface area contributed by atoms with E-state index in [-0.39, 0.29) is 6.04 Å². The van der Waals surface area contributed by atoms with Gasteiger partial charge < -0.3 is 10.6 Å². The molecule has 1 atom stereocenters. The summed E-state index contributed by atoms with van der Waals surface area (Å²) in [5.41, 5.74) is 5.23. The van der Waals surface area contributed by atoms with Gasteiger partial charge in [0.1, 0.15) is 5.82 Å². The Morgan fingerprint density at radius 3 is 2.53 bits per heavy atom. The molecular formula is C13H20F3N3. The van der Waals surface area contributed by atoms with Gasteiger partial charge in [-0.25, -0.2) is 4.98 Å². The van der Waals surface area contributed by atoms with Crippen molar-refractivity contribution in [3.05, 3.63) is 23.9 Å². The van der Waals surface area contributed by atoms with Gasteiger partial charge in [0, 0.05) is 25.8 Å². The largest absolute Gasteiger partial charge is 0.416 e. The van der Waals surface area contributed by atoms with E-state index in [1.807, 2.05) is 13.8 Å². The predicted molar refractivity (Wildman–Crippen MR) is 69.9 cm³/mol. The van der Waals surface area contributed by atoms with Crippen LogP contribution in [0.1, 0.15) is 25.8 Å². The maximum atomic E-state index is 12.6. The van der Waals surface area contributed by atoms with Crippen LogP contribution in [0.25, 0.3) is 0 Å². The van der Waals surface area contributed by atoms with Crippen molar-refractivity contribution in [1.29, 1.82) is 0 Å². The van der Waals surface area contributed by atoms with Crippen LogP contribution in [0.5, 0.6) is 0 Å². The van der Waals surface area contributed by atoms with E-state index in [2.05, 4.69) is 4.98 Å². The van der Waals surface area contributed by atoms with Crippen molar-refractivity contribution in [1.82, 2.24) is 4.98 Å². The van der Waals surface area contributed by atoms with Crippen LogP contribution in [0, 0.1) is 5.92 Å². The first kappa shape index (κ1) is 15.8. The molecule has 1 unspecified atom stereocenters. The number of anilines is 1. The Morgan fingerprint density at radius 2 is 2.00 bits per heavy atom. The molecule has 0 radical (unpaired) electrons. The molecule has 0 bridgehead atoms. The summed E-state index contributed by atoms with van der Waals surface area (Å²) < 4.78 is 37.8. The van der Waals surface area contributed by atoms with E-state index < -0.39 is 11.7 Å². The third kappa shape index (κ3) is 4.70. The minimum atomic E-state index is -4.34. The van der Waals surface area contributed by atoms with Crippen LogP contribution in [-0.4, -0.2) is 24.6 Å². The van der Waals surface area contributed by atoms with E-state index in [1.54, 1.807) is 11.9 Å². The second-order valence-electron chi connectivity index (χ2n) is 5.02. The lowest BCUT2D eigenvalue weighted by atomic mass is 10.0. The maximum absolute atomic E-state index is 12.6. The summed E-state index contributed by atoms with van der Waals surface area (Å²) in [6, 6.07) is 2.06. The Bertz CT molecular complexity index is 404. The van der Waals surface area contributed by atoms with Crippen LogP contribution in [0.15, 0.2) is 18.3 Å². The number of hydrogen-bond acceptors (Lipinski definition) is 3. The van der Waals surface area contributed by atoms with Gasteiger partial charge in [-0.3, -0.25) is 0 Å². The smallest absolute Gasteiger partial charge is 0.360 e. The fourth-order valence-electron chi connectivity index (χ4n) is 1.59. The lowest BCUT2D eigenvalue weighted by molar-refractivity contribution is -0.137. The Labute approximate surface area is 111 Å². The van der Waals surface area contributed by atoms with Crippen LogP contribution in [0.2, 0.25) is 0 Å². The number of pyridine rings is 1. The Hall–Kier alpha value is -1.30. The number of nitrogens with zero attached hydrogens (tertiary/aromatic N) is 2. The van der Waals surface area contributed by atoms with Gasteiger partial charge >= 0.3 is 6.18 Å². The van der Waals surface area contributed by atoms with Crippen molar-refractivity contribution in [3.8, 4) is 0 Å². The zero-order valence-electron chi connectivity index (χ0n) is 11.4. The lowest BCUT2D eigenvalue weighted by Crippen LogP contribution is -2.32. The van der Waals surface area contributed by atoms with Gasteiger partial charge in [-0.05, 0) is 24.5 Å². The zero-order valence-corrected chi connectivity index (χ0v) is 11.4. The molecule has 0 aliphatic rings. The summed E-state index contributed by atoms with van der Waals surface area (Å²) in [5, 5.41) is 0. The molecule has 0 spiro atoms. The van der Waals surface area contributed by atoms with Crippen molar-refractivity contribution < 1.29 is 13.2 Å². The molecule has 1 aromatic rings. The molecule has 1 rings (SSSR count). The fourth-order valence-corrected chi connectivity index (χ4v) is 1.59. The summed E-state index contributed by atoms with van der Waals surface area (Å²) >= 11 is 0. The monoisotopic (exact) mass is 275 g/mol. The van der Waals surface area contributed by atoms with Crippen molar-refractivity contribution >= 4 is 5.82 Å². The van der Waals surface area contributed by atoms with Crippen LogP contribution in [-0.2, 0) is 6.18 Å². The van der Waals surface area contributed by atoms with E-state index in [1.165, 1.54) is 6.20 Å². The second kappa shape index (κ2) is 6.23. The molecule has 0 saturated carbocycles. The normalized spacial score (nSPS) is 13.7. The van der Waals surface area contributed by atoms with Gasteiger partial charge in [0.25, 0.3) is 0 Å². The highest BCUT2D eigenvalue weighted by molar-refractivity contribution is 5.40. The fraction of sp³-hybridized carbons (Fsp3) is 0.615. The summed E-state index contributed by atoms with van der Waals surface area (Å²) in [5.74, 6) is 0.661. The molecule has 0 aliphatic carbocycles. The summed E-state index contributed by atoms with van der Waals surface area (Å²) in [6.07, 6.45) is -2.45. The van der Waals surface area contributed by atoms with Crippen LogP contribution >= 0.6 is 0 Å². The number of nitrogens with two attached hydrogens (primary N) is 1. The SMILES string of the molecule is CC(C)C(N)CCN(C)c1cc(C(F)(F)F)ccn1. The molecule has 2 N–H and O–H groups in total. The molecule has 1 heterocycles. The predicted octanol–water partition coefficient (Wildman–Crippen LogP) is 2.91. The van der Waals surface area contributed by atoms with Gasteiger partial charge in [-0.15, -0.1) is 0 Å². The molecule has 0 aromatic carbocycles. The lowest BCUT2D eigenvalue weighted by Gasteiger charge is -2.22. The Morgan fingerprint density at radius 1 is 1.37 bits per heavy atom. The van der Waals surface area contributed by atoms with Gasteiger partial charge in [-0.1, -0.05) is 13.8 Å². The van der Waals surface area contributed by atoms with Crippen LogP contribution in [0.4, 0.5) is 19.0 Å². The van der Waals surface area contributed by atoms with E-state index in [0.717, 1.165) is 12.1 Å². The first-order valence-electron chi connectivity index (χ1n) is 6.21. The number of aromatic nitrogens is 1. The standard InChI is InChI=1S/C13H20F3N3/c1-9(2)11(17)5-7-19(3)12-8-10(4-6-18-12)13(14,15)16/h4,6,8-9,11H,5,7,17H2,1-3H3. The minimum absolute atomic E-state index is 0.0354. The summed E-state index contributed by atoms with van der Waals surface area (Å²) in [6.45, 7) is 4.62. The number of hydrogen-bond donors (Lipinski definition) is 1. The molecule has 0 amide bonds. The third-order valence-electron chi connectivity index (χ3n) is 3.12. The van der Waals surface area contributed by atoms with Gasteiger partial charge in [-0.2, -0.15) is 13.2 Å². The number of halogens is 3. The topological polar surface area (TPSA) is 42.1 Å². The quantitative estimate of drug-likeness (QED) is 0.898. The highest BCUT2D eigenvalue weighted by atomic mass is 19.4. The summed E-state index contributed by atoms with van der Waals surface area (Å²) in [7, 11) is 1.72. The third-order valence-corrected chi connectivity index (χ3v) is 3.12. The second-order valence-corrected chi connectivity index (χ2v) is 5.02. The summed E-state index contributed by atoms with van der Waals surface area (Å²) in [4.78, 5) is 5.65. The van der Waals surface area contributed by atoms with Crippen molar-refractivity contribution in [2.24, 2.45) is 11.7 Å². The zero-order chi connectivity index (χ0) is 14.6. The van der Waals surface area contributed by atoms with Gasteiger partial charge in [0.05, 0.1) is 5.56 Å². The molecule has 0 fully saturated rings. The molecule has 19 heavy (non-hydrogen) atoms. The highest BCUT2D eigenvalue weighted by Gasteiger charge is 2.31. The molecule has 108 valence electrons. The van der Waals surface area contributed by atoms with E-state index in [9.17, 15) is 13.2 Å². The van der Waals surface area contributed by atoms with Crippen molar-refractivity contribution in [3.63, 3.8) is 0 Å². The van der Waals surface area contributed by atoms with Crippen LogP contribution < -0.4 is 10.6 Å². The first-order chi connectivity index (χ1) is 8.71. The number of alkyl halides is 3. The molecule has 0 saturated heterocycles. The van der Waals surface area contributed by atoms with E-state index in [0.29, 0.717) is 24.7 Å². The average molecular weight is 275 g/mol. The molecule has 1 aromatic heterocycles. The van der Waals surface area contributed by atoms with Gasteiger partial charge in [0.2, 0.25) is 0 Å². The van der Waals surface area contributed by atoms with Gasteiger partial charge in [0.15, 0.2) is 0 Å². The maximum Gasteiger partial charge on any atom is 0.416 e. The Balaban J connectivity index is 2.70. The van der Waals surface area contributed by atoms with Crippen molar-refractivity contribution in [2.45, 2.75) is 32.5 Å².